The van der Waals surface area contributed by atoms with E-state index in [1.54, 1.807) is 102 Å². The first-order valence-electron chi connectivity index (χ1n) is 41.6. The summed E-state index contributed by atoms with van der Waals surface area (Å²) in [6.07, 6.45) is 19.1. The fourth-order valence-corrected chi connectivity index (χ4v) is 14.9. The predicted molar refractivity (Wildman–Crippen MR) is 516 cm³/mol. The quantitative estimate of drug-likeness (QED) is 0.0569. The molecule has 20 aromatic rings. The number of aromatic nitrogens is 12. The van der Waals surface area contributed by atoms with Crippen molar-refractivity contribution < 1.29 is 102 Å². The number of anilines is 9. The van der Waals surface area contributed by atoms with Crippen molar-refractivity contribution in [1.29, 1.82) is 15.8 Å². The molecule has 0 saturated heterocycles. The molecule has 0 saturated carbocycles. The van der Waals surface area contributed by atoms with E-state index >= 15 is 4.39 Å². The average Bonchev–Trinajstić information content (AvgIpc) is 0.953. The maximum absolute atomic E-state index is 15.5. The molecule has 0 bridgehead atoms. The van der Waals surface area contributed by atoms with Gasteiger partial charge in [0, 0.05) is 133 Å². The number of hydrogen-bond acceptors (Lipinski definition) is 16. The first-order valence-corrected chi connectivity index (χ1v) is 41.6. The monoisotopic (exact) mass is 2560 g/mol. The summed E-state index contributed by atoms with van der Waals surface area (Å²) in [6, 6.07) is 114. The second-order valence-corrected chi connectivity index (χ2v) is 29.6. The average molecular weight is 2560 g/mol. The molecule has 3 aliphatic rings. The van der Waals surface area contributed by atoms with E-state index in [0.29, 0.717) is 33.8 Å². The summed E-state index contributed by atoms with van der Waals surface area (Å²) >= 11 is 0. The van der Waals surface area contributed by atoms with E-state index in [1.165, 1.54) is 62.6 Å². The van der Waals surface area contributed by atoms with Crippen molar-refractivity contribution in [3.63, 3.8) is 0 Å². The molecule has 695 valence electrons. The molecule has 0 aliphatic carbocycles. The van der Waals surface area contributed by atoms with Gasteiger partial charge in [-0.1, -0.05) is 152 Å². The van der Waals surface area contributed by atoms with Crippen LogP contribution in [0.15, 0.2) is 347 Å². The van der Waals surface area contributed by atoms with Gasteiger partial charge in [0.2, 0.25) is 0 Å². The number of benzene rings is 15. The Bertz CT molecular complexity index is 7530. The molecule has 31 heteroatoms. The molecule has 0 fully saturated rings. The van der Waals surface area contributed by atoms with E-state index in [4.69, 9.17) is 22.4 Å². The molecule has 1 radical (unpaired) electrons. The summed E-state index contributed by atoms with van der Waals surface area (Å²) in [5, 5.41) is 49.6. The Kier molecular flexibility index (Phi) is 37.1. The van der Waals surface area contributed by atoms with E-state index in [0.717, 1.165) is 111 Å². The van der Waals surface area contributed by atoms with Crippen LogP contribution in [0.25, 0.3) is 82.8 Å². The van der Waals surface area contributed by atoms with E-state index < -0.39 is 5.82 Å². The number of imidazole rings is 2. The molecule has 0 amide bonds. The fraction of sp³-hybridized carbons (Fsp3) is 0.0459. The standard InChI is InChI=1S/C21H10FN4.C17H14FN2.2C14H8FN3.C14H9N3.C10H9N2.C9H7FN3.C9H7N2.CH4.4Ir/c22-21-19(26-24-12-13(11-23)25-26)10-9-18-16-7-2-1-5-14(16)15-6-3-4-8-17(15)20(18)21;1-12-6-5-7-13(2)16(12)20-11-10-19-17(20)14-8-3-4-9-15(14)18;2*15-11-5-1-2-6-12(11)18-10-17(9-16)13-7-3-4-8-14(13)18;1-15-17-11-16(12-7-3-2-4-8-12)13-9-5-6-10-14(13)17;1-12-8-7-11-10(12)9-5-3-2-4-6-9;1-7-2-3-9(8(10)4-7)13-6-11-5-12-13;1-2-5-9(6-3-1)11-8-4-7-10-11;;;;;/h1-9,12H;3-7,9-11H,1-2H3;2*1-5,7-8,10H;2-7,9-11H;2-5,7-8H,1H3;2,4-6H,1H3;1-5,7-8H;1H4;;;;/q2*-1;3*-2;3*-1;;;3*+3. The van der Waals surface area contributed by atoms with Gasteiger partial charge in [0.25, 0.3) is 0 Å². The van der Waals surface area contributed by atoms with Gasteiger partial charge in [0.1, 0.15) is 18.7 Å². The Morgan fingerprint density at radius 2 is 0.943 bits per heavy atom. The third-order valence-corrected chi connectivity index (χ3v) is 21.0. The third kappa shape index (κ3) is 23.6. The van der Waals surface area contributed by atoms with Crippen molar-refractivity contribution in [2.75, 3.05) is 29.5 Å². The summed E-state index contributed by atoms with van der Waals surface area (Å²) in [4.78, 5) is 24.8. The molecular weight excluding hydrogens is 2480 g/mol. The second-order valence-electron chi connectivity index (χ2n) is 29.6. The Balaban J connectivity index is 0.000000154. The predicted octanol–water partition coefficient (Wildman–Crippen LogP) is 24.1. The molecule has 3 aliphatic heterocycles. The molecular formula is C109H76F5Ir4N22-2. The third-order valence-electron chi connectivity index (χ3n) is 21.0. The Morgan fingerprint density at radius 3 is 1.46 bits per heavy atom. The SMILES string of the molecule is C.Cc1c[c-]c(-n2cncn2)c(F)c1.Cc1cccc(C)c1-n1ccnc1-c1[c-]cccc1F.Cn1ccnc1-c1[c-]cccc1.N#CN1[CH-]N(c2[c-]cccc2F)c2ccccc21.N#CN1[CH-]N(c2[c-]cccc2F)c2ccccc21.N#Cc1cnn(-c2[c-]cc3c4ccccc4c4ccccc4c3c2F)n1.[C-]#[N+]N1[CH-]N(c2[c-]cccc2)c2ccccc21.[Ir+3].[Ir+3].[Ir+3].[Ir].[c-]1ccccc1-n1cccn1. The first kappa shape index (κ1) is 104. The Hall–Kier alpha value is -16.0. The number of fused-ring (bicyclic) bond motifs is 9. The number of aryl methyl sites for hydroxylation is 4. The summed E-state index contributed by atoms with van der Waals surface area (Å²) < 4.78 is 77.3. The molecule has 0 unspecified atom stereocenters. The van der Waals surface area contributed by atoms with E-state index in [1.807, 2.05) is 297 Å². The van der Waals surface area contributed by atoms with Crippen LogP contribution in [-0.4, -0.2) is 58.6 Å². The molecule has 5 aromatic heterocycles. The smallest absolute Gasteiger partial charge is 0.490 e. The van der Waals surface area contributed by atoms with Gasteiger partial charge >= 0.3 is 60.3 Å². The number of halogens is 5. The van der Waals surface area contributed by atoms with E-state index in [-0.39, 0.29) is 122 Å². The van der Waals surface area contributed by atoms with Crippen molar-refractivity contribution >= 4 is 83.5 Å². The molecule has 8 heterocycles. The van der Waals surface area contributed by atoms with E-state index in [2.05, 4.69) is 88.8 Å². The molecule has 0 spiro atoms. The van der Waals surface area contributed by atoms with Gasteiger partial charge in [-0.05, 0) is 95.0 Å². The van der Waals surface area contributed by atoms with Crippen LogP contribution in [0.4, 0.5) is 73.1 Å². The van der Waals surface area contributed by atoms with Crippen LogP contribution in [-0.2, 0) is 87.5 Å². The van der Waals surface area contributed by atoms with Gasteiger partial charge < -0.3 is 33.6 Å². The zero-order valence-electron chi connectivity index (χ0n) is 73.7. The minimum atomic E-state index is -0.454. The maximum atomic E-state index is 15.5. The van der Waals surface area contributed by atoms with Crippen molar-refractivity contribution in [3.8, 4) is 64.0 Å². The van der Waals surface area contributed by atoms with Gasteiger partial charge in [-0.2, -0.15) is 173 Å². The van der Waals surface area contributed by atoms with E-state index in [9.17, 15) is 17.6 Å². The van der Waals surface area contributed by atoms with Crippen LogP contribution in [0.1, 0.15) is 29.8 Å². The van der Waals surface area contributed by atoms with Crippen molar-refractivity contribution in [3.05, 3.63) is 479 Å². The van der Waals surface area contributed by atoms with Crippen molar-refractivity contribution in [2.45, 2.75) is 28.2 Å². The van der Waals surface area contributed by atoms with Gasteiger partial charge in [-0.15, -0.1) is 114 Å². The maximum Gasteiger partial charge on any atom is 3.00 e. The second kappa shape index (κ2) is 49.7. The molecule has 140 heavy (non-hydrogen) atoms. The number of nitrogens with zero attached hydrogens (tertiary/aromatic N) is 22. The number of hydrogen-bond donors (Lipinski definition) is 0. The van der Waals surface area contributed by atoms with Crippen molar-refractivity contribution in [2.24, 2.45) is 7.05 Å². The van der Waals surface area contributed by atoms with Gasteiger partial charge in [-0.25, -0.2) is 9.67 Å². The normalized spacial score (nSPS) is 11.3. The minimum Gasteiger partial charge on any atom is -0.490 e. The Labute approximate surface area is 860 Å². The minimum absolute atomic E-state index is 0. The van der Waals surface area contributed by atoms with Gasteiger partial charge in [-0.3, -0.25) is 36.6 Å². The summed E-state index contributed by atoms with van der Waals surface area (Å²) in [5.41, 5.74) is 13.5. The topological polar surface area (TPSA) is 210 Å². The molecule has 0 atom stereocenters. The van der Waals surface area contributed by atoms with Gasteiger partial charge in [0.05, 0.1) is 23.5 Å². The zero-order chi connectivity index (χ0) is 93.7. The van der Waals surface area contributed by atoms with Crippen LogP contribution in [0, 0.1) is 159 Å². The Morgan fingerprint density at radius 1 is 0.429 bits per heavy atom. The summed E-state index contributed by atoms with van der Waals surface area (Å²) in [6.45, 7) is 17.9. The molecule has 22 nitrogen and oxygen atoms in total. The number of nitriles is 3. The van der Waals surface area contributed by atoms with Crippen LogP contribution < -0.4 is 29.5 Å². The molecule has 0 N–H and O–H groups in total. The molecule has 15 aromatic carbocycles. The van der Waals surface area contributed by atoms with Crippen LogP contribution in [0.2, 0.25) is 0 Å². The van der Waals surface area contributed by atoms with Crippen molar-refractivity contribution in [1.82, 2.24) is 58.6 Å². The summed E-state index contributed by atoms with van der Waals surface area (Å²) in [5.74, 6) is -0.330. The first-order chi connectivity index (χ1) is 66.1. The van der Waals surface area contributed by atoms with Gasteiger partial charge in [0.15, 0.2) is 18.1 Å². The summed E-state index contributed by atoms with van der Waals surface area (Å²) in [7, 11) is 1.98. The van der Waals surface area contributed by atoms with Crippen LogP contribution in [0.3, 0.4) is 0 Å². The van der Waals surface area contributed by atoms with Crippen LogP contribution >= 0.6 is 0 Å². The largest absolute Gasteiger partial charge is 3.00 e. The fourth-order valence-electron chi connectivity index (χ4n) is 14.9. The zero-order valence-corrected chi connectivity index (χ0v) is 83.3. The number of para-hydroxylation sites is 11. The number of rotatable bonds is 9. The molecule has 23 rings (SSSR count). The van der Waals surface area contributed by atoms with Crippen LogP contribution in [0.5, 0.6) is 0 Å².